The third-order valence-corrected chi connectivity index (χ3v) is 18.6. The van der Waals surface area contributed by atoms with Crippen LogP contribution in [0.3, 0.4) is 0 Å². The molecule has 0 aromatic rings. The second-order valence-corrected chi connectivity index (χ2v) is 24.3. The number of esters is 1. The van der Waals surface area contributed by atoms with E-state index in [2.05, 4.69) is 99.0 Å². The Morgan fingerprint density at radius 2 is 1.68 bits per heavy atom. The third kappa shape index (κ3) is 9.45. The van der Waals surface area contributed by atoms with Gasteiger partial charge >= 0.3 is 5.97 Å². The Kier molecular flexibility index (Phi) is 12.2. The van der Waals surface area contributed by atoms with Crippen molar-refractivity contribution in [2.24, 2.45) is 11.8 Å². The Bertz CT molecular complexity index is 803. The molecule has 2 rings (SSSR count). The van der Waals surface area contributed by atoms with E-state index in [0.29, 0.717) is 6.42 Å². The number of hydrogen-bond donors (Lipinski definition) is 0. The van der Waals surface area contributed by atoms with Crippen LogP contribution in [0.1, 0.15) is 106 Å². The minimum absolute atomic E-state index is 0.0512. The van der Waals surface area contributed by atoms with Crippen molar-refractivity contribution in [3.05, 3.63) is 24.3 Å². The van der Waals surface area contributed by atoms with Crippen LogP contribution in [0.5, 0.6) is 0 Å². The lowest BCUT2D eigenvalue weighted by Crippen LogP contribution is -2.45. The van der Waals surface area contributed by atoms with E-state index in [4.69, 9.17) is 13.6 Å². The molecule has 1 heterocycles. The molecule has 1 saturated carbocycles. The smallest absolute Gasteiger partial charge is 0.306 e. The molecule has 0 radical (unpaired) electrons. The summed E-state index contributed by atoms with van der Waals surface area (Å²) in [6.45, 7) is 25.5. The molecule has 1 fully saturated rings. The number of unbranched alkanes of at least 4 members (excludes halogenated alkanes) is 2. The van der Waals surface area contributed by atoms with Crippen molar-refractivity contribution >= 4 is 22.6 Å². The molecule has 0 aromatic heterocycles. The van der Waals surface area contributed by atoms with E-state index in [9.17, 15) is 4.79 Å². The van der Waals surface area contributed by atoms with Gasteiger partial charge in [-0.05, 0) is 61.9 Å². The van der Waals surface area contributed by atoms with Gasteiger partial charge in [-0.1, -0.05) is 92.0 Å². The summed E-state index contributed by atoms with van der Waals surface area (Å²) in [4.78, 5) is 12.7. The molecular formula is C32H60O4Si2. The fraction of sp³-hybridized carbons (Fsp3) is 0.844. The molecule has 0 N–H and O–H groups in total. The van der Waals surface area contributed by atoms with E-state index < -0.39 is 16.6 Å². The van der Waals surface area contributed by atoms with Gasteiger partial charge in [-0.3, -0.25) is 4.79 Å². The summed E-state index contributed by atoms with van der Waals surface area (Å²) < 4.78 is 20.2. The van der Waals surface area contributed by atoms with Crippen molar-refractivity contribution < 1.29 is 18.4 Å². The Morgan fingerprint density at radius 1 is 1.03 bits per heavy atom. The zero-order valence-electron chi connectivity index (χ0n) is 26.7. The van der Waals surface area contributed by atoms with Crippen LogP contribution in [0.25, 0.3) is 0 Å². The number of hydrogen-bond acceptors (Lipinski definition) is 4. The molecule has 0 bridgehead atoms. The SMILES string of the molecule is CCCCCC(/C=C/[C@H]1C(O[Si](C)(C)C(C)(C)C)C[C@@H]2OC(=O)CCC/C=C\C[C@@H]21)O[Si](C)(C)C(C)(C)C. The fourth-order valence-corrected chi connectivity index (χ4v) is 7.71. The van der Waals surface area contributed by atoms with Gasteiger partial charge in [-0.15, -0.1) is 0 Å². The monoisotopic (exact) mass is 564 g/mol. The highest BCUT2D eigenvalue weighted by Crippen LogP contribution is 2.46. The first-order valence-corrected chi connectivity index (χ1v) is 21.2. The van der Waals surface area contributed by atoms with E-state index in [0.717, 1.165) is 32.1 Å². The molecule has 1 aliphatic heterocycles. The first-order valence-electron chi connectivity index (χ1n) is 15.4. The molecule has 2 unspecified atom stereocenters. The summed E-state index contributed by atoms with van der Waals surface area (Å²) in [7, 11) is -3.91. The van der Waals surface area contributed by atoms with Gasteiger partial charge in [0.25, 0.3) is 0 Å². The van der Waals surface area contributed by atoms with Crippen LogP contribution < -0.4 is 0 Å². The van der Waals surface area contributed by atoms with Gasteiger partial charge in [0.15, 0.2) is 16.6 Å². The van der Waals surface area contributed by atoms with Crippen LogP contribution in [0.2, 0.25) is 36.3 Å². The normalized spacial score (nSPS) is 27.7. The van der Waals surface area contributed by atoms with Crippen molar-refractivity contribution in [1.29, 1.82) is 0 Å². The van der Waals surface area contributed by atoms with Gasteiger partial charge in [0, 0.05) is 24.7 Å². The first kappa shape index (κ1) is 33.5. The summed E-state index contributed by atoms with van der Waals surface area (Å²) in [6, 6.07) is 0. The Balaban J connectivity index is 2.41. The number of rotatable bonds is 10. The molecule has 38 heavy (non-hydrogen) atoms. The highest BCUT2D eigenvalue weighted by molar-refractivity contribution is 6.74. The Labute approximate surface area is 237 Å². The summed E-state index contributed by atoms with van der Waals surface area (Å²) in [5.41, 5.74) is 0. The van der Waals surface area contributed by atoms with Gasteiger partial charge in [0.05, 0.1) is 12.2 Å². The standard InChI is InChI=1S/C32H60O4Si2/c1-12-13-16-19-25(35-37(8,9)31(2,3)4)22-23-27-26-20-17-14-15-18-21-30(33)34-28(26)24-29(27)36-38(10,11)32(5,6)7/h14,17,22-23,25-29H,12-13,15-16,18-21,24H2,1-11H3/b17-14-,23-22+/t25?,26-,27-,28+,29?/m1/s1. The quantitative estimate of drug-likeness (QED) is 0.115. The largest absolute Gasteiger partial charge is 0.462 e. The predicted molar refractivity (Wildman–Crippen MR) is 167 cm³/mol. The van der Waals surface area contributed by atoms with E-state index in [1.54, 1.807) is 0 Å². The van der Waals surface area contributed by atoms with E-state index >= 15 is 0 Å². The maximum Gasteiger partial charge on any atom is 0.306 e. The zero-order chi connectivity index (χ0) is 28.8. The highest BCUT2D eigenvalue weighted by atomic mass is 28.4. The second kappa shape index (κ2) is 13.8. The van der Waals surface area contributed by atoms with Gasteiger partial charge < -0.3 is 13.6 Å². The molecule has 0 saturated heterocycles. The average molecular weight is 565 g/mol. The molecule has 1 aliphatic carbocycles. The molecule has 0 aromatic carbocycles. The van der Waals surface area contributed by atoms with Crippen molar-refractivity contribution in [1.82, 2.24) is 0 Å². The molecule has 5 atom stereocenters. The molecule has 220 valence electrons. The maximum atomic E-state index is 12.7. The number of carbonyl (C=O) groups excluding carboxylic acids is 1. The molecule has 0 amide bonds. The molecule has 2 aliphatic rings. The lowest BCUT2D eigenvalue weighted by atomic mass is 9.89. The van der Waals surface area contributed by atoms with Gasteiger partial charge in [-0.25, -0.2) is 0 Å². The minimum atomic E-state index is -2.00. The number of ether oxygens (including phenoxy) is 1. The average Bonchev–Trinajstić information content (AvgIpc) is 3.07. The Morgan fingerprint density at radius 3 is 2.29 bits per heavy atom. The number of fused-ring (bicyclic) bond motifs is 1. The van der Waals surface area contributed by atoms with Crippen LogP contribution in [-0.4, -0.2) is 40.9 Å². The number of carbonyl (C=O) groups is 1. The minimum Gasteiger partial charge on any atom is -0.462 e. The number of allylic oxidation sites excluding steroid dienone is 2. The summed E-state index contributed by atoms with van der Waals surface area (Å²) >= 11 is 0. The van der Waals surface area contributed by atoms with Crippen LogP contribution in [-0.2, 0) is 18.4 Å². The van der Waals surface area contributed by atoms with E-state index in [1.807, 2.05) is 0 Å². The van der Waals surface area contributed by atoms with Gasteiger partial charge in [0.2, 0.25) is 0 Å². The van der Waals surface area contributed by atoms with Gasteiger partial charge in [0.1, 0.15) is 6.10 Å². The molecule has 0 spiro atoms. The molecule has 6 heteroatoms. The van der Waals surface area contributed by atoms with Crippen LogP contribution >= 0.6 is 0 Å². The van der Waals surface area contributed by atoms with Crippen molar-refractivity contribution in [3.63, 3.8) is 0 Å². The topological polar surface area (TPSA) is 44.8 Å². The van der Waals surface area contributed by atoms with E-state index in [1.165, 1.54) is 19.3 Å². The van der Waals surface area contributed by atoms with E-state index in [-0.39, 0.29) is 46.2 Å². The molecular weight excluding hydrogens is 505 g/mol. The van der Waals surface area contributed by atoms with Crippen molar-refractivity contribution in [2.45, 2.75) is 161 Å². The van der Waals surface area contributed by atoms with Crippen LogP contribution in [0.15, 0.2) is 24.3 Å². The summed E-state index contributed by atoms with van der Waals surface area (Å²) in [5, 5.41) is 0.300. The zero-order valence-corrected chi connectivity index (χ0v) is 28.7. The van der Waals surface area contributed by atoms with Crippen LogP contribution in [0, 0.1) is 11.8 Å². The van der Waals surface area contributed by atoms with Crippen molar-refractivity contribution in [3.8, 4) is 0 Å². The van der Waals surface area contributed by atoms with Crippen molar-refractivity contribution in [2.75, 3.05) is 0 Å². The second-order valence-electron chi connectivity index (χ2n) is 14.8. The van der Waals surface area contributed by atoms with Gasteiger partial charge in [-0.2, -0.15) is 0 Å². The summed E-state index contributed by atoms with van der Waals surface area (Å²) in [6.07, 6.45) is 18.1. The maximum absolute atomic E-state index is 12.7. The Hall–Kier alpha value is -0.696. The third-order valence-electron chi connectivity index (χ3n) is 9.62. The van der Waals surface area contributed by atoms with Crippen LogP contribution in [0.4, 0.5) is 0 Å². The lowest BCUT2D eigenvalue weighted by molar-refractivity contribution is -0.151. The highest BCUT2D eigenvalue weighted by Gasteiger charge is 2.48. The fourth-order valence-electron chi connectivity index (χ4n) is 5.04. The lowest BCUT2D eigenvalue weighted by Gasteiger charge is -2.40. The molecule has 4 nitrogen and oxygen atoms in total. The summed E-state index contributed by atoms with van der Waals surface area (Å²) in [5.74, 6) is 0.399. The first-order chi connectivity index (χ1) is 17.5. The predicted octanol–water partition coefficient (Wildman–Crippen LogP) is 9.58.